The molecule has 0 atom stereocenters. The first kappa shape index (κ1) is 33.8. The Bertz CT molecular complexity index is 3640. The van der Waals surface area contributed by atoms with Crippen molar-refractivity contribution in [2.75, 3.05) is 4.90 Å². The van der Waals surface area contributed by atoms with Crippen LogP contribution >= 0.6 is 0 Å². The van der Waals surface area contributed by atoms with Crippen molar-refractivity contribution in [3.8, 4) is 55.6 Å². The standard InChI is InChI=1S/C61H37N/c1-2-14-46-39(12-1)24-25-40-26-27-41(35-54(40)46)38-28-30-43(31-29-38)62(45-34-42-13-11-20-53-47-15-3-4-16-48(47)55(36-45)60(42)53)44-32-33-52-51-19-7-10-23-58(51)61(59(52)37-44)56-21-8-5-17-49(56)50-18-6-9-22-57(50)61/h1-37H. The van der Waals surface area contributed by atoms with Gasteiger partial charge in [0.25, 0.3) is 0 Å². The molecule has 0 amide bonds. The van der Waals surface area contributed by atoms with Crippen molar-refractivity contribution in [1.29, 1.82) is 0 Å². The Balaban J connectivity index is 0.995. The third kappa shape index (κ3) is 4.47. The molecule has 1 spiro atoms. The van der Waals surface area contributed by atoms with Crippen LogP contribution in [0, 0.1) is 0 Å². The van der Waals surface area contributed by atoms with Gasteiger partial charge in [0.1, 0.15) is 0 Å². The lowest BCUT2D eigenvalue weighted by Crippen LogP contribution is -2.26. The molecule has 0 N–H and O–H groups in total. The summed E-state index contributed by atoms with van der Waals surface area (Å²) >= 11 is 0. The Morgan fingerprint density at radius 1 is 0.258 bits per heavy atom. The zero-order chi connectivity index (χ0) is 40.5. The molecule has 0 heterocycles. The predicted molar refractivity (Wildman–Crippen MR) is 260 cm³/mol. The zero-order valence-corrected chi connectivity index (χ0v) is 33.8. The van der Waals surface area contributed by atoms with E-state index in [0.717, 1.165) is 17.1 Å². The van der Waals surface area contributed by atoms with Crippen LogP contribution in [0.1, 0.15) is 22.3 Å². The summed E-state index contributed by atoms with van der Waals surface area (Å²) in [5.41, 5.74) is 21.2. The molecule has 0 fully saturated rings. The summed E-state index contributed by atoms with van der Waals surface area (Å²) in [7, 11) is 0. The number of fused-ring (bicyclic) bond motifs is 16. The van der Waals surface area contributed by atoms with E-state index >= 15 is 0 Å². The maximum atomic E-state index is 2.50. The molecule has 1 nitrogen and oxygen atoms in total. The summed E-state index contributed by atoms with van der Waals surface area (Å²) in [4.78, 5) is 2.49. The van der Waals surface area contributed by atoms with Crippen LogP contribution in [0.15, 0.2) is 224 Å². The first-order valence-corrected chi connectivity index (χ1v) is 21.7. The molecule has 62 heavy (non-hydrogen) atoms. The van der Waals surface area contributed by atoms with Gasteiger partial charge in [-0.3, -0.25) is 0 Å². The molecule has 0 saturated heterocycles. The van der Waals surface area contributed by atoms with Crippen molar-refractivity contribution < 1.29 is 0 Å². The third-order valence-electron chi connectivity index (χ3n) is 14.2. The lowest BCUT2D eigenvalue weighted by atomic mass is 9.70. The molecule has 0 radical (unpaired) electrons. The molecule has 0 unspecified atom stereocenters. The molecule has 3 aliphatic carbocycles. The van der Waals surface area contributed by atoms with Crippen LogP contribution in [0.25, 0.3) is 88.0 Å². The number of hydrogen-bond donors (Lipinski definition) is 0. The summed E-state index contributed by atoms with van der Waals surface area (Å²) in [5.74, 6) is 0. The number of anilines is 3. The van der Waals surface area contributed by atoms with E-state index in [9.17, 15) is 0 Å². The smallest absolute Gasteiger partial charge is 0.0726 e. The van der Waals surface area contributed by atoms with Crippen molar-refractivity contribution in [2.45, 2.75) is 5.41 Å². The van der Waals surface area contributed by atoms with Gasteiger partial charge in [0.05, 0.1) is 5.41 Å². The number of nitrogens with zero attached hydrogens (tertiary/aromatic N) is 1. The van der Waals surface area contributed by atoms with Crippen molar-refractivity contribution >= 4 is 49.4 Å². The van der Waals surface area contributed by atoms with Crippen LogP contribution in [0.4, 0.5) is 17.1 Å². The summed E-state index contributed by atoms with van der Waals surface area (Å²) in [6.45, 7) is 0. The molecular weight excluding hydrogens is 747 g/mol. The molecule has 0 saturated carbocycles. The summed E-state index contributed by atoms with van der Waals surface area (Å²) < 4.78 is 0. The molecule has 14 rings (SSSR count). The second kappa shape index (κ2) is 12.5. The zero-order valence-electron chi connectivity index (χ0n) is 33.8. The maximum absolute atomic E-state index is 2.50. The molecule has 3 aliphatic rings. The Hall–Kier alpha value is -8.00. The van der Waals surface area contributed by atoms with Gasteiger partial charge in [0, 0.05) is 17.1 Å². The summed E-state index contributed by atoms with van der Waals surface area (Å²) in [6.07, 6.45) is 0. The number of benzene rings is 11. The van der Waals surface area contributed by atoms with Crippen LogP contribution in [-0.4, -0.2) is 0 Å². The van der Waals surface area contributed by atoms with E-state index in [2.05, 4.69) is 229 Å². The minimum Gasteiger partial charge on any atom is -0.310 e. The molecule has 11 aromatic rings. The van der Waals surface area contributed by atoms with Gasteiger partial charge >= 0.3 is 0 Å². The van der Waals surface area contributed by atoms with Crippen molar-refractivity contribution in [2.24, 2.45) is 0 Å². The monoisotopic (exact) mass is 783 g/mol. The molecule has 286 valence electrons. The highest BCUT2D eigenvalue weighted by Crippen LogP contribution is 2.63. The quantitative estimate of drug-likeness (QED) is 0.161. The largest absolute Gasteiger partial charge is 0.310 e. The first-order chi connectivity index (χ1) is 30.7. The molecule has 0 aliphatic heterocycles. The Labute approximate surface area is 360 Å². The minimum atomic E-state index is -0.434. The maximum Gasteiger partial charge on any atom is 0.0726 e. The highest BCUT2D eigenvalue weighted by Gasteiger charge is 2.51. The van der Waals surface area contributed by atoms with E-state index < -0.39 is 5.41 Å². The molecule has 0 bridgehead atoms. The molecule has 11 aromatic carbocycles. The minimum absolute atomic E-state index is 0.434. The van der Waals surface area contributed by atoms with E-state index in [1.807, 2.05) is 0 Å². The fourth-order valence-electron chi connectivity index (χ4n) is 11.6. The number of hydrogen-bond acceptors (Lipinski definition) is 1. The van der Waals surface area contributed by atoms with Crippen molar-refractivity contribution in [3.05, 3.63) is 247 Å². The van der Waals surface area contributed by atoms with Crippen LogP contribution in [0.5, 0.6) is 0 Å². The highest BCUT2D eigenvalue weighted by atomic mass is 15.1. The average Bonchev–Trinajstić information content (AvgIpc) is 3.94. The SMILES string of the molecule is c1ccc2c(c1)-c1cccc3cc(N(c4ccc(-c5ccc6ccc7ccccc7c6c5)cc4)c4ccc5c(c4)C4(c6ccccc6-c6ccccc64)c4ccccc4-5)cc-2c13. The van der Waals surface area contributed by atoms with Gasteiger partial charge in [0.15, 0.2) is 0 Å². The number of rotatable bonds is 4. The predicted octanol–water partition coefficient (Wildman–Crippen LogP) is 16.3. The van der Waals surface area contributed by atoms with E-state index in [0.29, 0.717) is 0 Å². The van der Waals surface area contributed by atoms with Gasteiger partial charge in [0.2, 0.25) is 0 Å². The van der Waals surface area contributed by atoms with Gasteiger partial charge < -0.3 is 4.90 Å². The van der Waals surface area contributed by atoms with Crippen molar-refractivity contribution in [1.82, 2.24) is 0 Å². The van der Waals surface area contributed by atoms with Crippen LogP contribution in [0.2, 0.25) is 0 Å². The normalized spacial score (nSPS) is 13.3. The van der Waals surface area contributed by atoms with Gasteiger partial charge in [-0.15, -0.1) is 0 Å². The van der Waals surface area contributed by atoms with E-state index in [1.165, 1.54) is 110 Å². The highest BCUT2D eigenvalue weighted by molar-refractivity contribution is 6.17. The molecule has 1 heteroatoms. The molecule has 0 aromatic heterocycles. The van der Waals surface area contributed by atoms with Gasteiger partial charge in [-0.2, -0.15) is 0 Å². The molecular formula is C61H37N. The second-order valence-corrected chi connectivity index (χ2v) is 17.2. The fraction of sp³-hybridized carbons (Fsp3) is 0.0164. The van der Waals surface area contributed by atoms with Crippen LogP contribution in [0.3, 0.4) is 0 Å². The van der Waals surface area contributed by atoms with Crippen LogP contribution < -0.4 is 4.90 Å². The Kier molecular flexibility index (Phi) is 6.82. The average molecular weight is 784 g/mol. The fourth-order valence-corrected chi connectivity index (χ4v) is 11.6. The van der Waals surface area contributed by atoms with E-state index in [4.69, 9.17) is 0 Å². The van der Waals surface area contributed by atoms with Crippen LogP contribution in [-0.2, 0) is 5.41 Å². The van der Waals surface area contributed by atoms with Crippen molar-refractivity contribution in [3.63, 3.8) is 0 Å². The van der Waals surface area contributed by atoms with E-state index in [-0.39, 0.29) is 0 Å². The van der Waals surface area contributed by atoms with Gasteiger partial charge in [-0.05, 0) is 153 Å². The van der Waals surface area contributed by atoms with Gasteiger partial charge in [-0.1, -0.05) is 182 Å². The Morgan fingerprint density at radius 3 is 1.48 bits per heavy atom. The lowest BCUT2D eigenvalue weighted by Gasteiger charge is -2.32. The second-order valence-electron chi connectivity index (χ2n) is 17.2. The topological polar surface area (TPSA) is 3.24 Å². The third-order valence-corrected chi connectivity index (χ3v) is 14.2. The van der Waals surface area contributed by atoms with E-state index in [1.54, 1.807) is 0 Å². The van der Waals surface area contributed by atoms with Gasteiger partial charge in [-0.25, -0.2) is 0 Å². The summed E-state index contributed by atoms with van der Waals surface area (Å²) in [5, 5.41) is 7.67. The summed E-state index contributed by atoms with van der Waals surface area (Å²) in [6, 6.07) is 84.2. The Morgan fingerprint density at radius 2 is 0.774 bits per heavy atom. The first-order valence-electron chi connectivity index (χ1n) is 21.7. The lowest BCUT2D eigenvalue weighted by molar-refractivity contribution is 0.793.